The molecule has 0 atom stereocenters. The smallest absolute Gasteiger partial charge is 0.245 e. The van der Waals surface area contributed by atoms with E-state index in [2.05, 4.69) is 9.82 Å². The molecule has 1 heterocycles. The van der Waals surface area contributed by atoms with E-state index in [4.69, 9.17) is 10.8 Å². The van der Waals surface area contributed by atoms with Crippen LogP contribution in [0.3, 0.4) is 0 Å². The van der Waals surface area contributed by atoms with Gasteiger partial charge < -0.3 is 10.8 Å². The molecule has 18 heavy (non-hydrogen) atoms. The number of hydrogen-bond donors (Lipinski definition) is 3. The molecular weight excluding hydrogens is 256 g/mol. The van der Waals surface area contributed by atoms with Crippen LogP contribution in [-0.4, -0.2) is 36.5 Å². The molecular formula is C10H18N4O3S. The monoisotopic (exact) mass is 274 g/mol. The van der Waals surface area contributed by atoms with Crippen molar-refractivity contribution >= 4 is 15.8 Å². The summed E-state index contributed by atoms with van der Waals surface area (Å²) in [5.41, 5.74) is 5.48. The van der Waals surface area contributed by atoms with Crippen molar-refractivity contribution in [3.8, 4) is 0 Å². The summed E-state index contributed by atoms with van der Waals surface area (Å²) in [6.45, 7) is 0.418. The van der Waals surface area contributed by atoms with Crippen LogP contribution in [0.5, 0.6) is 0 Å². The fraction of sp³-hybridized carbons (Fsp3) is 0.700. The van der Waals surface area contributed by atoms with Gasteiger partial charge in [-0.2, -0.15) is 5.10 Å². The number of aliphatic hydroxyl groups is 1. The number of aryl methyl sites for hydroxylation is 1. The van der Waals surface area contributed by atoms with Gasteiger partial charge in [-0.1, -0.05) is 0 Å². The van der Waals surface area contributed by atoms with Crippen molar-refractivity contribution in [2.24, 2.45) is 12.5 Å². The lowest BCUT2D eigenvalue weighted by Crippen LogP contribution is -2.31. The standard InChI is InChI=1S/C10H18N4O3S/c1-14-6-8(9(11)13-14)18(16,17)12-7-10(2-3-10)4-5-15/h6,12,15H,2-5,7H2,1H3,(H2,11,13). The number of aromatic nitrogens is 2. The molecule has 0 unspecified atom stereocenters. The fourth-order valence-electron chi connectivity index (χ4n) is 1.95. The SMILES string of the molecule is Cn1cc(S(=O)(=O)NCC2(CCO)CC2)c(N)n1. The van der Waals surface area contributed by atoms with Gasteiger partial charge in [-0.25, -0.2) is 13.1 Å². The van der Waals surface area contributed by atoms with Gasteiger partial charge >= 0.3 is 0 Å². The second-order valence-corrected chi connectivity index (χ2v) is 6.59. The molecule has 7 nitrogen and oxygen atoms in total. The number of rotatable bonds is 6. The maximum Gasteiger partial charge on any atom is 0.245 e. The van der Waals surface area contributed by atoms with E-state index in [-0.39, 0.29) is 22.7 Å². The van der Waals surface area contributed by atoms with Crippen LogP contribution in [0.1, 0.15) is 19.3 Å². The average molecular weight is 274 g/mol. The molecule has 102 valence electrons. The van der Waals surface area contributed by atoms with Crippen LogP contribution in [0, 0.1) is 5.41 Å². The topological polar surface area (TPSA) is 110 Å². The van der Waals surface area contributed by atoms with Crippen LogP contribution in [-0.2, 0) is 17.1 Å². The van der Waals surface area contributed by atoms with Gasteiger partial charge in [0, 0.05) is 26.4 Å². The zero-order valence-electron chi connectivity index (χ0n) is 10.3. The molecule has 0 spiro atoms. The van der Waals surface area contributed by atoms with Crippen LogP contribution in [0.4, 0.5) is 5.82 Å². The van der Waals surface area contributed by atoms with E-state index in [0.29, 0.717) is 13.0 Å². The van der Waals surface area contributed by atoms with Gasteiger partial charge in [0.2, 0.25) is 10.0 Å². The quantitative estimate of drug-likeness (QED) is 0.644. The number of nitrogens with one attached hydrogen (secondary N) is 1. The number of nitrogen functional groups attached to an aromatic ring is 1. The summed E-state index contributed by atoms with van der Waals surface area (Å²) in [4.78, 5) is 0.00444. The van der Waals surface area contributed by atoms with Crippen molar-refractivity contribution < 1.29 is 13.5 Å². The Morgan fingerprint density at radius 1 is 1.61 bits per heavy atom. The fourth-order valence-corrected chi connectivity index (χ4v) is 3.21. The molecule has 1 saturated carbocycles. The molecule has 1 aliphatic carbocycles. The number of hydrogen-bond acceptors (Lipinski definition) is 5. The Labute approximate surface area is 106 Å². The highest BCUT2D eigenvalue weighted by Crippen LogP contribution is 2.48. The lowest BCUT2D eigenvalue weighted by Gasteiger charge is -2.14. The van der Waals surface area contributed by atoms with Gasteiger partial charge in [0.1, 0.15) is 4.90 Å². The predicted octanol–water partition coefficient (Wildman–Crippen LogP) is -0.557. The molecule has 0 bridgehead atoms. The van der Waals surface area contributed by atoms with Gasteiger partial charge in [-0.15, -0.1) is 0 Å². The van der Waals surface area contributed by atoms with E-state index in [9.17, 15) is 8.42 Å². The number of sulfonamides is 1. The molecule has 1 aromatic heterocycles. The summed E-state index contributed by atoms with van der Waals surface area (Å²) >= 11 is 0. The minimum atomic E-state index is -3.62. The van der Waals surface area contributed by atoms with Gasteiger partial charge in [-0.05, 0) is 24.7 Å². The second-order valence-electron chi connectivity index (χ2n) is 4.85. The molecule has 0 aromatic carbocycles. The maximum absolute atomic E-state index is 12.0. The number of aliphatic hydroxyl groups excluding tert-OH is 1. The van der Waals surface area contributed by atoms with Gasteiger partial charge in [-0.3, -0.25) is 4.68 Å². The number of nitrogens with zero attached hydrogens (tertiary/aromatic N) is 2. The van der Waals surface area contributed by atoms with Crippen molar-refractivity contribution in [3.63, 3.8) is 0 Å². The highest BCUT2D eigenvalue weighted by Gasteiger charge is 2.42. The first-order valence-electron chi connectivity index (χ1n) is 5.78. The molecule has 1 aliphatic rings. The van der Waals surface area contributed by atoms with Crippen molar-refractivity contribution in [2.45, 2.75) is 24.2 Å². The van der Waals surface area contributed by atoms with E-state index in [1.807, 2.05) is 0 Å². The molecule has 0 saturated heterocycles. The maximum atomic E-state index is 12.0. The van der Waals surface area contributed by atoms with Crippen LogP contribution < -0.4 is 10.5 Å². The summed E-state index contributed by atoms with van der Waals surface area (Å²) in [5.74, 6) is -0.00277. The van der Waals surface area contributed by atoms with Crippen molar-refractivity contribution in [1.29, 1.82) is 0 Å². The van der Waals surface area contributed by atoms with Crippen LogP contribution in [0.2, 0.25) is 0 Å². The first-order valence-corrected chi connectivity index (χ1v) is 7.27. The third-order valence-electron chi connectivity index (χ3n) is 3.35. The summed E-state index contributed by atoms with van der Waals surface area (Å²) < 4.78 is 28.0. The summed E-state index contributed by atoms with van der Waals surface area (Å²) in [5, 5.41) is 12.7. The lowest BCUT2D eigenvalue weighted by molar-refractivity contribution is 0.249. The van der Waals surface area contributed by atoms with E-state index >= 15 is 0 Å². The molecule has 8 heteroatoms. The zero-order chi connectivity index (χ0) is 13.4. The van der Waals surface area contributed by atoms with Crippen molar-refractivity contribution in [3.05, 3.63) is 6.20 Å². The average Bonchev–Trinajstić information content (AvgIpc) is 2.96. The summed E-state index contributed by atoms with van der Waals surface area (Å²) in [7, 11) is -2.01. The van der Waals surface area contributed by atoms with Gasteiger partial charge in [0.05, 0.1) is 0 Å². The first kappa shape index (κ1) is 13.3. The Morgan fingerprint density at radius 2 is 2.28 bits per heavy atom. The second kappa shape index (κ2) is 4.52. The zero-order valence-corrected chi connectivity index (χ0v) is 11.1. The first-order chi connectivity index (χ1) is 8.38. The minimum Gasteiger partial charge on any atom is -0.396 e. The van der Waals surface area contributed by atoms with E-state index in [1.54, 1.807) is 7.05 Å². The van der Waals surface area contributed by atoms with Gasteiger partial charge in [0.25, 0.3) is 0 Å². The normalized spacial score (nSPS) is 17.9. The molecule has 0 amide bonds. The third kappa shape index (κ3) is 2.65. The minimum absolute atomic E-state index is 0.00277. The molecule has 1 fully saturated rings. The molecule has 0 radical (unpaired) electrons. The van der Waals surface area contributed by atoms with E-state index in [1.165, 1.54) is 10.9 Å². The van der Waals surface area contributed by atoms with E-state index in [0.717, 1.165) is 12.8 Å². The Balaban J connectivity index is 2.06. The Bertz CT molecular complexity index is 533. The Kier molecular flexibility index (Phi) is 3.35. The highest BCUT2D eigenvalue weighted by atomic mass is 32.2. The molecule has 2 rings (SSSR count). The van der Waals surface area contributed by atoms with Crippen LogP contribution >= 0.6 is 0 Å². The molecule has 1 aromatic rings. The third-order valence-corrected chi connectivity index (χ3v) is 4.77. The van der Waals surface area contributed by atoms with E-state index < -0.39 is 10.0 Å². The lowest BCUT2D eigenvalue weighted by atomic mass is 10.0. The number of nitrogens with two attached hydrogens (primary N) is 1. The van der Waals surface area contributed by atoms with Crippen molar-refractivity contribution in [1.82, 2.24) is 14.5 Å². The predicted molar refractivity (Wildman–Crippen MR) is 66.2 cm³/mol. The molecule has 0 aliphatic heterocycles. The Hall–Kier alpha value is -1.12. The summed E-state index contributed by atoms with van der Waals surface area (Å²) in [6, 6.07) is 0. The summed E-state index contributed by atoms with van der Waals surface area (Å²) in [6.07, 6.45) is 3.89. The molecule has 4 N–H and O–H groups in total. The highest BCUT2D eigenvalue weighted by molar-refractivity contribution is 7.89. The van der Waals surface area contributed by atoms with Crippen LogP contribution in [0.25, 0.3) is 0 Å². The van der Waals surface area contributed by atoms with Crippen LogP contribution in [0.15, 0.2) is 11.1 Å². The largest absolute Gasteiger partial charge is 0.396 e. The number of anilines is 1. The Morgan fingerprint density at radius 3 is 2.72 bits per heavy atom. The van der Waals surface area contributed by atoms with Gasteiger partial charge in [0.15, 0.2) is 5.82 Å². The van der Waals surface area contributed by atoms with Crippen molar-refractivity contribution in [2.75, 3.05) is 18.9 Å².